The van der Waals surface area contributed by atoms with E-state index in [4.69, 9.17) is 5.21 Å². The van der Waals surface area contributed by atoms with Crippen molar-refractivity contribution in [2.75, 3.05) is 0 Å². The molecule has 0 aromatic carbocycles. The summed E-state index contributed by atoms with van der Waals surface area (Å²) in [6.07, 6.45) is 1.23. The number of nitrogens with zero attached hydrogens (tertiary/aromatic N) is 1. The molecule has 1 unspecified atom stereocenters. The topological polar surface area (TPSA) is 60.6 Å². The minimum Gasteiger partial charge on any atom is -0.594 e. The minimum absolute atomic E-state index is 0.417. The maximum Gasteiger partial charge on any atom is 0.295 e. The molecule has 1 atom stereocenters. The van der Waals surface area contributed by atoms with E-state index in [0.29, 0.717) is 4.47 Å². The Hall–Kier alpha value is -0.560. The fraction of sp³-hybridized carbons (Fsp3) is 0. The lowest BCUT2D eigenvalue weighted by atomic mass is 10.4. The third-order valence-corrected chi connectivity index (χ3v) is 1.44. The number of halogens is 2. The number of aromatic nitrogens is 1. The van der Waals surface area contributed by atoms with Crippen molar-refractivity contribution < 1.29 is 14.8 Å². The molecule has 0 aliphatic heterocycles. The average Bonchev–Trinajstić information content (AvgIpc) is 1.85. The van der Waals surface area contributed by atoms with Gasteiger partial charge in [0.1, 0.15) is 0 Å². The van der Waals surface area contributed by atoms with Gasteiger partial charge in [0.2, 0.25) is 5.82 Å². The molecule has 1 aromatic rings. The summed E-state index contributed by atoms with van der Waals surface area (Å²) < 4.78 is 13.0. The first-order valence-electron chi connectivity index (χ1n) is 2.65. The first kappa shape index (κ1) is 8.54. The van der Waals surface area contributed by atoms with Crippen molar-refractivity contribution in [1.29, 1.82) is 0 Å². The van der Waals surface area contributed by atoms with Crippen LogP contribution in [-0.2, 0) is 0 Å². The monoisotopic (exact) mass is 222 g/mol. The zero-order chi connectivity index (χ0) is 8.43. The number of hydrogen-bond acceptors (Lipinski definition) is 3. The second-order valence-corrected chi connectivity index (χ2v) is 2.70. The highest BCUT2D eigenvalue weighted by atomic mass is 79.9. The molecule has 0 saturated carbocycles. The third kappa shape index (κ3) is 1.93. The van der Waals surface area contributed by atoms with Crippen LogP contribution in [0, 0.1) is 11.0 Å². The molecule has 2 N–H and O–H groups in total. The van der Waals surface area contributed by atoms with Gasteiger partial charge in [-0.15, -0.1) is 0 Å². The molecule has 0 aliphatic rings. The molecule has 11 heavy (non-hydrogen) atoms. The molecule has 0 radical (unpaired) electrons. The van der Waals surface area contributed by atoms with Crippen LogP contribution >= 0.6 is 15.9 Å². The van der Waals surface area contributed by atoms with Crippen molar-refractivity contribution in [2.24, 2.45) is 0 Å². The predicted molar refractivity (Wildman–Crippen MR) is 37.7 cm³/mol. The van der Waals surface area contributed by atoms with Gasteiger partial charge >= 0.3 is 0 Å². The molecule has 1 rings (SSSR count). The smallest absolute Gasteiger partial charge is 0.295 e. The fourth-order valence-corrected chi connectivity index (χ4v) is 0.875. The molecule has 1 aromatic heterocycles. The lowest BCUT2D eigenvalue weighted by molar-refractivity contribution is -0.994. The summed E-state index contributed by atoms with van der Waals surface area (Å²) in [6, 6.07) is 1.05. The van der Waals surface area contributed by atoms with Gasteiger partial charge in [-0.1, -0.05) is 0 Å². The largest absolute Gasteiger partial charge is 0.594 e. The lowest BCUT2D eigenvalue weighted by Crippen LogP contribution is -2.99. The Morgan fingerprint density at radius 1 is 1.73 bits per heavy atom. The first-order valence-corrected chi connectivity index (χ1v) is 3.45. The lowest BCUT2D eigenvalue weighted by Gasteiger charge is -2.09. The average molecular weight is 223 g/mol. The molecule has 0 saturated heterocycles. The van der Waals surface area contributed by atoms with Crippen LogP contribution < -0.4 is 5.23 Å². The Labute approximate surface area is 69.9 Å². The summed E-state index contributed by atoms with van der Waals surface area (Å²) in [5, 5.41) is 17.2. The summed E-state index contributed by atoms with van der Waals surface area (Å²) in [6.45, 7) is 0. The van der Waals surface area contributed by atoms with Crippen LogP contribution in [0.2, 0.25) is 0 Å². The van der Waals surface area contributed by atoms with Gasteiger partial charge in [0.05, 0.1) is 0 Å². The van der Waals surface area contributed by atoms with Gasteiger partial charge in [-0.05, 0) is 22.0 Å². The van der Waals surface area contributed by atoms with Crippen LogP contribution in [0.3, 0.4) is 0 Å². The van der Waals surface area contributed by atoms with E-state index in [0.717, 1.165) is 6.07 Å². The molecule has 0 aliphatic carbocycles. The number of nitrogens with one attached hydrogen (secondary N) is 1. The van der Waals surface area contributed by atoms with Gasteiger partial charge < -0.3 is 5.21 Å². The number of quaternary nitrogens is 1. The van der Waals surface area contributed by atoms with E-state index in [2.05, 4.69) is 20.9 Å². The highest BCUT2D eigenvalue weighted by Gasteiger charge is 2.09. The maximum absolute atomic E-state index is 12.6. The minimum atomic E-state index is -1.37. The second-order valence-electron chi connectivity index (χ2n) is 1.79. The van der Waals surface area contributed by atoms with Crippen molar-refractivity contribution in [2.45, 2.75) is 0 Å². The first-order chi connectivity index (χ1) is 5.11. The van der Waals surface area contributed by atoms with E-state index in [9.17, 15) is 9.60 Å². The SMILES string of the molecule is [O-][NH+](O)c1ncc(Br)cc1F. The third-order valence-electron chi connectivity index (χ3n) is 1.01. The molecule has 0 amide bonds. The normalized spacial score (nSPS) is 13.1. The summed E-state index contributed by atoms with van der Waals surface area (Å²) in [7, 11) is 0. The molecule has 0 spiro atoms. The van der Waals surface area contributed by atoms with E-state index in [1.807, 2.05) is 0 Å². The Kier molecular flexibility index (Phi) is 2.50. The molecular weight excluding hydrogens is 219 g/mol. The Morgan fingerprint density at radius 2 is 2.36 bits per heavy atom. The molecule has 0 fully saturated rings. The van der Waals surface area contributed by atoms with E-state index in [-0.39, 0.29) is 0 Å². The Bertz CT molecular complexity index is 269. The quantitative estimate of drug-likeness (QED) is 0.677. The summed E-state index contributed by atoms with van der Waals surface area (Å²) >= 11 is 2.95. The Balaban J connectivity index is 3.09. The number of rotatable bonds is 1. The highest BCUT2D eigenvalue weighted by molar-refractivity contribution is 9.10. The summed E-state index contributed by atoms with van der Waals surface area (Å²) in [4.78, 5) is 3.36. The molecule has 0 bridgehead atoms. The van der Waals surface area contributed by atoms with Crippen molar-refractivity contribution in [3.05, 3.63) is 27.8 Å². The van der Waals surface area contributed by atoms with Crippen molar-refractivity contribution >= 4 is 21.7 Å². The van der Waals surface area contributed by atoms with E-state index in [1.54, 1.807) is 0 Å². The van der Waals surface area contributed by atoms with Crippen molar-refractivity contribution in [3.63, 3.8) is 0 Å². The van der Waals surface area contributed by atoms with Crippen LogP contribution in [0.4, 0.5) is 10.2 Å². The molecule has 60 valence electrons. The summed E-state index contributed by atoms with van der Waals surface area (Å²) in [5.74, 6) is -1.40. The van der Waals surface area contributed by atoms with Gasteiger partial charge in [0, 0.05) is 10.7 Å². The van der Waals surface area contributed by atoms with Gasteiger partial charge in [-0.3, -0.25) is 0 Å². The van der Waals surface area contributed by atoms with Crippen LogP contribution in [0.1, 0.15) is 0 Å². The van der Waals surface area contributed by atoms with Crippen LogP contribution in [0.5, 0.6) is 0 Å². The van der Waals surface area contributed by atoms with Gasteiger partial charge in [-0.2, -0.15) is 14.6 Å². The van der Waals surface area contributed by atoms with Gasteiger partial charge in [-0.25, -0.2) is 5.21 Å². The van der Waals surface area contributed by atoms with Crippen LogP contribution in [0.25, 0.3) is 0 Å². The van der Waals surface area contributed by atoms with Gasteiger partial charge in [0.15, 0.2) is 0 Å². The number of pyridine rings is 1. The predicted octanol–water partition coefficient (Wildman–Crippen LogP) is 0.387. The number of hydrogen-bond donors (Lipinski definition) is 2. The second kappa shape index (κ2) is 3.22. The standard InChI is InChI=1S/C5H4BrFN2O2/c6-3-1-4(7)5(8-2-3)9(10)11/h1-2,9-10H. The van der Waals surface area contributed by atoms with Crippen LogP contribution in [-0.4, -0.2) is 10.2 Å². The van der Waals surface area contributed by atoms with E-state index in [1.165, 1.54) is 6.20 Å². The van der Waals surface area contributed by atoms with Gasteiger partial charge in [0.25, 0.3) is 5.82 Å². The summed E-state index contributed by atoms with van der Waals surface area (Å²) in [5.41, 5.74) is 0. The zero-order valence-electron chi connectivity index (χ0n) is 5.21. The van der Waals surface area contributed by atoms with E-state index < -0.39 is 16.9 Å². The van der Waals surface area contributed by atoms with E-state index >= 15 is 0 Å². The molecule has 4 nitrogen and oxygen atoms in total. The Morgan fingerprint density at radius 3 is 2.82 bits per heavy atom. The fourth-order valence-electron chi connectivity index (χ4n) is 0.572. The van der Waals surface area contributed by atoms with Crippen LogP contribution in [0.15, 0.2) is 16.7 Å². The van der Waals surface area contributed by atoms with Crippen molar-refractivity contribution in [1.82, 2.24) is 4.98 Å². The van der Waals surface area contributed by atoms with Crippen molar-refractivity contribution in [3.8, 4) is 0 Å². The zero-order valence-corrected chi connectivity index (χ0v) is 6.80. The molecule has 1 heterocycles. The molecule has 6 heteroatoms. The highest BCUT2D eigenvalue weighted by Crippen LogP contribution is 2.12. The maximum atomic E-state index is 12.6. The molecular formula is C5H4BrFN2O2.